The minimum absolute atomic E-state index is 0.0189. The molecule has 94 valence electrons. The van der Waals surface area contributed by atoms with E-state index in [0.29, 0.717) is 6.04 Å². The quantitative estimate of drug-likeness (QED) is 0.756. The van der Waals surface area contributed by atoms with E-state index >= 15 is 0 Å². The van der Waals surface area contributed by atoms with Crippen molar-refractivity contribution in [2.75, 3.05) is 0 Å². The Morgan fingerprint density at radius 3 is 1.94 bits per heavy atom. The summed E-state index contributed by atoms with van der Waals surface area (Å²) in [5.41, 5.74) is 3.61. The molecule has 2 atom stereocenters. The van der Waals surface area contributed by atoms with Crippen molar-refractivity contribution >= 4 is 0 Å². The fourth-order valence-corrected chi connectivity index (χ4v) is 3.39. The van der Waals surface area contributed by atoms with Crippen LogP contribution in [0, 0.1) is 0 Å². The van der Waals surface area contributed by atoms with Crippen molar-refractivity contribution in [3.05, 3.63) is 0 Å². The van der Waals surface area contributed by atoms with Gasteiger partial charge in [-0.15, -0.1) is 0 Å². The van der Waals surface area contributed by atoms with Gasteiger partial charge in [-0.05, 0) is 39.5 Å². The van der Waals surface area contributed by atoms with Gasteiger partial charge in [-0.25, -0.2) is 0 Å². The number of hydrogen-bond acceptors (Lipinski definition) is 2. The van der Waals surface area contributed by atoms with Gasteiger partial charge in [0.2, 0.25) is 0 Å². The first-order chi connectivity index (χ1) is 7.24. The third-order valence-corrected chi connectivity index (χ3v) is 4.04. The highest BCUT2D eigenvalue weighted by Crippen LogP contribution is 2.47. The number of halogens is 3. The van der Waals surface area contributed by atoms with Gasteiger partial charge in [0, 0.05) is 18.1 Å². The molecular weight excluding hydrogens is 217 g/mol. The van der Waals surface area contributed by atoms with E-state index < -0.39 is 11.7 Å². The number of nitrogens with zero attached hydrogens (tertiary/aromatic N) is 1. The minimum atomic E-state index is -4.27. The highest BCUT2D eigenvalue weighted by molar-refractivity contribution is 5.08. The average Bonchev–Trinajstić information content (AvgIpc) is 2.37. The number of fused-ring (bicyclic) bond motifs is 2. The van der Waals surface area contributed by atoms with E-state index in [1.165, 1.54) is 0 Å². The molecule has 2 heterocycles. The van der Waals surface area contributed by atoms with Crippen LogP contribution in [0.15, 0.2) is 0 Å². The lowest BCUT2D eigenvalue weighted by molar-refractivity contribution is -0.204. The SMILES string of the molecule is CC(C)N1[C@H]2CC[C@H]1CC(N)(C(F)(F)F)C2. The molecule has 0 aliphatic carbocycles. The largest absolute Gasteiger partial charge is 0.406 e. The molecule has 0 radical (unpaired) electrons. The number of piperidine rings is 1. The molecular formula is C11H19F3N2. The Kier molecular flexibility index (Phi) is 2.74. The molecule has 2 bridgehead atoms. The van der Waals surface area contributed by atoms with Crippen molar-refractivity contribution < 1.29 is 13.2 Å². The normalized spacial score (nSPS) is 40.7. The number of nitrogens with two attached hydrogens (primary N) is 1. The van der Waals surface area contributed by atoms with Crippen LogP contribution in [0.25, 0.3) is 0 Å². The van der Waals surface area contributed by atoms with Crippen molar-refractivity contribution in [2.24, 2.45) is 5.73 Å². The molecule has 0 aromatic carbocycles. The van der Waals surface area contributed by atoms with E-state index in [-0.39, 0.29) is 24.9 Å². The van der Waals surface area contributed by atoms with Gasteiger partial charge >= 0.3 is 6.18 Å². The van der Waals surface area contributed by atoms with Crippen LogP contribution in [0.3, 0.4) is 0 Å². The molecule has 0 aromatic rings. The Morgan fingerprint density at radius 1 is 1.19 bits per heavy atom. The van der Waals surface area contributed by atoms with Crippen LogP contribution in [0.4, 0.5) is 13.2 Å². The summed E-state index contributed by atoms with van der Waals surface area (Å²) < 4.78 is 38.7. The maximum atomic E-state index is 12.9. The van der Waals surface area contributed by atoms with Gasteiger partial charge in [-0.1, -0.05) is 0 Å². The van der Waals surface area contributed by atoms with Crippen molar-refractivity contribution in [1.29, 1.82) is 0 Å². The van der Waals surface area contributed by atoms with E-state index in [1.807, 2.05) is 13.8 Å². The lowest BCUT2D eigenvalue weighted by atomic mass is 9.82. The summed E-state index contributed by atoms with van der Waals surface area (Å²) >= 11 is 0. The first kappa shape index (κ1) is 12.2. The van der Waals surface area contributed by atoms with Gasteiger partial charge in [-0.3, -0.25) is 4.90 Å². The Bertz CT molecular complexity index is 261. The summed E-state index contributed by atoms with van der Waals surface area (Å²) in [6.45, 7) is 4.09. The molecule has 16 heavy (non-hydrogen) atoms. The number of hydrogen-bond donors (Lipinski definition) is 1. The monoisotopic (exact) mass is 236 g/mol. The summed E-state index contributed by atoms with van der Waals surface area (Å²) in [6, 6.07) is 0.353. The summed E-state index contributed by atoms with van der Waals surface area (Å²) in [5.74, 6) is 0. The Balaban J connectivity index is 2.19. The van der Waals surface area contributed by atoms with E-state index in [1.54, 1.807) is 0 Å². The molecule has 0 saturated carbocycles. The molecule has 0 aromatic heterocycles. The van der Waals surface area contributed by atoms with Gasteiger partial charge in [0.1, 0.15) is 5.54 Å². The fourth-order valence-electron chi connectivity index (χ4n) is 3.39. The maximum Gasteiger partial charge on any atom is 0.406 e. The molecule has 0 unspecified atom stereocenters. The lowest BCUT2D eigenvalue weighted by Gasteiger charge is -2.46. The van der Waals surface area contributed by atoms with Crippen LogP contribution in [0.1, 0.15) is 39.5 Å². The summed E-state index contributed by atoms with van der Waals surface area (Å²) in [5, 5.41) is 0. The van der Waals surface area contributed by atoms with Crippen LogP contribution in [-0.4, -0.2) is 34.7 Å². The second kappa shape index (κ2) is 3.60. The predicted octanol–water partition coefficient (Wildman–Crippen LogP) is 2.28. The second-order valence-electron chi connectivity index (χ2n) is 5.49. The van der Waals surface area contributed by atoms with Crippen LogP contribution in [-0.2, 0) is 0 Å². The van der Waals surface area contributed by atoms with E-state index in [2.05, 4.69) is 4.90 Å². The Labute approximate surface area is 94.0 Å². The molecule has 2 rings (SSSR count). The van der Waals surface area contributed by atoms with E-state index in [9.17, 15) is 13.2 Å². The molecule has 2 fully saturated rings. The molecule has 2 aliphatic rings. The van der Waals surface area contributed by atoms with E-state index in [4.69, 9.17) is 5.73 Å². The zero-order valence-electron chi connectivity index (χ0n) is 9.72. The van der Waals surface area contributed by atoms with Crippen LogP contribution in [0.5, 0.6) is 0 Å². The van der Waals surface area contributed by atoms with Crippen LogP contribution < -0.4 is 5.73 Å². The molecule has 0 amide bonds. The zero-order chi connectivity index (χ0) is 12.1. The average molecular weight is 236 g/mol. The standard InChI is InChI=1S/C11H19F3N2/c1-7(2)16-8-3-4-9(16)6-10(15,5-8)11(12,13)14/h7-9H,3-6,15H2,1-2H3/t8-,9-/m0/s1. The topological polar surface area (TPSA) is 29.3 Å². The molecule has 0 spiro atoms. The second-order valence-corrected chi connectivity index (χ2v) is 5.49. The van der Waals surface area contributed by atoms with Crippen molar-refractivity contribution in [1.82, 2.24) is 4.90 Å². The number of rotatable bonds is 1. The van der Waals surface area contributed by atoms with Crippen LogP contribution in [0.2, 0.25) is 0 Å². The first-order valence-electron chi connectivity index (χ1n) is 5.88. The third kappa shape index (κ3) is 1.74. The van der Waals surface area contributed by atoms with Gasteiger partial charge in [0.25, 0.3) is 0 Å². The molecule has 2 saturated heterocycles. The van der Waals surface area contributed by atoms with Crippen LogP contribution >= 0.6 is 0 Å². The van der Waals surface area contributed by atoms with Gasteiger partial charge < -0.3 is 5.73 Å². The molecule has 2 N–H and O–H groups in total. The number of alkyl halides is 3. The summed E-state index contributed by atoms with van der Waals surface area (Å²) in [7, 11) is 0. The Hall–Kier alpha value is -0.290. The lowest BCUT2D eigenvalue weighted by Crippen LogP contribution is -2.63. The highest BCUT2D eigenvalue weighted by Gasteiger charge is 2.59. The van der Waals surface area contributed by atoms with Crippen molar-refractivity contribution in [3.8, 4) is 0 Å². The maximum absolute atomic E-state index is 12.9. The minimum Gasteiger partial charge on any atom is -0.318 e. The molecule has 2 aliphatic heterocycles. The third-order valence-electron chi connectivity index (χ3n) is 4.04. The van der Waals surface area contributed by atoms with Gasteiger partial charge in [0.05, 0.1) is 0 Å². The van der Waals surface area contributed by atoms with Gasteiger partial charge in [0.15, 0.2) is 0 Å². The fraction of sp³-hybridized carbons (Fsp3) is 1.00. The molecule has 2 nitrogen and oxygen atoms in total. The first-order valence-corrected chi connectivity index (χ1v) is 5.88. The van der Waals surface area contributed by atoms with E-state index in [0.717, 1.165) is 12.8 Å². The zero-order valence-corrected chi connectivity index (χ0v) is 9.72. The summed E-state index contributed by atoms with van der Waals surface area (Å²) in [6.07, 6.45) is -2.43. The highest BCUT2D eigenvalue weighted by atomic mass is 19.4. The van der Waals surface area contributed by atoms with Gasteiger partial charge in [-0.2, -0.15) is 13.2 Å². The molecule has 5 heteroatoms. The Morgan fingerprint density at radius 2 is 1.62 bits per heavy atom. The predicted molar refractivity (Wildman–Crippen MR) is 56.0 cm³/mol. The smallest absolute Gasteiger partial charge is 0.318 e. The van der Waals surface area contributed by atoms with Crippen molar-refractivity contribution in [3.63, 3.8) is 0 Å². The summed E-state index contributed by atoms with van der Waals surface area (Å²) in [4.78, 5) is 2.22. The van der Waals surface area contributed by atoms with Crippen molar-refractivity contribution in [2.45, 2.75) is 69.4 Å².